The maximum atomic E-state index is 13.2. The third kappa shape index (κ3) is 4.09. The highest BCUT2D eigenvalue weighted by atomic mass is 35.5. The van der Waals surface area contributed by atoms with Gasteiger partial charge in [-0.3, -0.25) is 4.72 Å². The van der Waals surface area contributed by atoms with Crippen molar-refractivity contribution in [1.29, 1.82) is 0 Å². The smallest absolute Gasteiger partial charge is 0.261 e. The number of benzene rings is 3. The van der Waals surface area contributed by atoms with Gasteiger partial charge in [0.1, 0.15) is 5.75 Å². The van der Waals surface area contributed by atoms with Gasteiger partial charge in [0.05, 0.1) is 23.7 Å². The number of anilines is 2. The number of methoxy groups -OCH3 is 1. The van der Waals surface area contributed by atoms with E-state index >= 15 is 0 Å². The summed E-state index contributed by atoms with van der Waals surface area (Å²) in [5.74, 6) is 1.29. The Morgan fingerprint density at radius 2 is 1.85 bits per heavy atom. The van der Waals surface area contributed by atoms with Gasteiger partial charge in [-0.2, -0.15) is 0 Å². The Morgan fingerprint density at radius 1 is 1.06 bits per heavy atom. The largest absolute Gasteiger partial charge is 0.497 e. The zero-order chi connectivity index (χ0) is 23.2. The third-order valence-electron chi connectivity index (χ3n) is 6.56. The van der Waals surface area contributed by atoms with Crippen LogP contribution in [0.3, 0.4) is 0 Å². The van der Waals surface area contributed by atoms with E-state index in [0.29, 0.717) is 16.6 Å². The Labute approximate surface area is 199 Å². The van der Waals surface area contributed by atoms with Crippen molar-refractivity contribution in [1.82, 2.24) is 0 Å². The van der Waals surface area contributed by atoms with Gasteiger partial charge in [0.25, 0.3) is 10.0 Å². The van der Waals surface area contributed by atoms with Gasteiger partial charge in [0.15, 0.2) is 0 Å². The lowest BCUT2D eigenvalue weighted by molar-refractivity contribution is 0.411. The van der Waals surface area contributed by atoms with E-state index in [0.717, 1.165) is 29.0 Å². The first kappa shape index (κ1) is 21.9. The van der Waals surface area contributed by atoms with Crippen LogP contribution in [0.25, 0.3) is 0 Å². The minimum Gasteiger partial charge on any atom is -0.497 e. The van der Waals surface area contributed by atoms with Crippen molar-refractivity contribution in [3.63, 3.8) is 0 Å². The van der Waals surface area contributed by atoms with Gasteiger partial charge >= 0.3 is 0 Å². The lowest BCUT2D eigenvalue weighted by Gasteiger charge is -2.37. The van der Waals surface area contributed by atoms with Gasteiger partial charge in [-0.25, -0.2) is 8.42 Å². The third-order valence-corrected chi connectivity index (χ3v) is 8.16. The van der Waals surface area contributed by atoms with Crippen LogP contribution in [0.5, 0.6) is 5.75 Å². The molecule has 5 nitrogen and oxygen atoms in total. The number of rotatable bonds is 5. The monoisotopic (exact) mass is 480 g/mol. The van der Waals surface area contributed by atoms with Crippen molar-refractivity contribution in [2.75, 3.05) is 17.1 Å². The molecule has 0 spiro atoms. The van der Waals surface area contributed by atoms with Crippen LogP contribution in [0.2, 0.25) is 5.02 Å². The number of hydrogen-bond donors (Lipinski definition) is 2. The Balaban J connectivity index is 1.48. The number of fused-ring (bicyclic) bond motifs is 3. The normalized spacial score (nSPS) is 21.1. The van der Waals surface area contributed by atoms with Gasteiger partial charge in [0.2, 0.25) is 0 Å². The van der Waals surface area contributed by atoms with E-state index < -0.39 is 10.0 Å². The van der Waals surface area contributed by atoms with E-state index in [2.05, 4.69) is 34.3 Å². The van der Waals surface area contributed by atoms with Crippen LogP contribution < -0.4 is 14.8 Å². The van der Waals surface area contributed by atoms with Crippen LogP contribution >= 0.6 is 11.6 Å². The molecule has 2 aliphatic rings. The number of hydrogen-bond acceptors (Lipinski definition) is 4. The second kappa shape index (κ2) is 8.43. The van der Waals surface area contributed by atoms with Gasteiger partial charge in [-0.05, 0) is 78.4 Å². The summed E-state index contributed by atoms with van der Waals surface area (Å²) in [6.07, 6.45) is 5.33. The van der Waals surface area contributed by atoms with Crippen molar-refractivity contribution in [2.45, 2.75) is 30.2 Å². The van der Waals surface area contributed by atoms with Crippen LogP contribution in [0.15, 0.2) is 77.7 Å². The summed E-state index contributed by atoms with van der Waals surface area (Å²) in [6.45, 7) is 1.85. The molecule has 3 aromatic rings. The van der Waals surface area contributed by atoms with Crippen LogP contribution in [-0.2, 0) is 10.0 Å². The molecule has 7 heteroatoms. The van der Waals surface area contributed by atoms with Crippen LogP contribution in [-0.4, -0.2) is 15.5 Å². The summed E-state index contributed by atoms with van der Waals surface area (Å²) in [6, 6.07) is 18.7. The van der Waals surface area contributed by atoms with Crippen molar-refractivity contribution in [2.24, 2.45) is 5.92 Å². The highest BCUT2D eigenvalue weighted by Crippen LogP contribution is 2.50. The Morgan fingerprint density at radius 3 is 2.61 bits per heavy atom. The molecule has 0 bridgehead atoms. The number of ether oxygens (including phenoxy) is 1. The van der Waals surface area contributed by atoms with Crippen molar-refractivity contribution in [3.05, 3.63) is 94.5 Å². The standard InChI is InChI=1S/C26H25ClN2O3S/c1-16-6-9-18(27)14-25(16)29-33(30,31)20-12-13-24-23(15-20)21-4-3-5-22(21)26(28-24)17-7-10-19(32-2)11-8-17/h3-4,6-15,21-22,26,28-29H,5H2,1-2H3/t21-,22+,26+/m0/s1. The maximum absolute atomic E-state index is 13.2. The van der Waals surface area contributed by atoms with Crippen LogP contribution in [0, 0.1) is 12.8 Å². The summed E-state index contributed by atoms with van der Waals surface area (Å²) in [4.78, 5) is 0.240. The molecule has 0 fully saturated rings. The quantitative estimate of drug-likeness (QED) is 0.421. The van der Waals surface area contributed by atoms with E-state index in [9.17, 15) is 8.42 Å². The molecule has 3 atom stereocenters. The molecule has 1 aliphatic carbocycles. The first-order valence-corrected chi connectivity index (χ1v) is 12.7. The molecule has 33 heavy (non-hydrogen) atoms. The average molecular weight is 481 g/mol. The first-order valence-electron chi connectivity index (χ1n) is 10.9. The molecule has 3 aromatic carbocycles. The fourth-order valence-electron chi connectivity index (χ4n) is 4.79. The molecule has 0 aromatic heterocycles. The van der Waals surface area contributed by atoms with Crippen molar-refractivity contribution < 1.29 is 13.2 Å². The number of aryl methyl sites for hydroxylation is 1. The van der Waals surface area contributed by atoms with E-state index in [1.54, 1.807) is 37.4 Å². The number of sulfonamides is 1. The number of halogens is 1. The Kier molecular flexibility index (Phi) is 5.59. The summed E-state index contributed by atoms with van der Waals surface area (Å²) in [5.41, 5.74) is 4.45. The molecule has 5 rings (SSSR count). The zero-order valence-electron chi connectivity index (χ0n) is 18.4. The molecule has 0 saturated carbocycles. The summed E-state index contributed by atoms with van der Waals surface area (Å²) >= 11 is 6.07. The second-order valence-electron chi connectivity index (χ2n) is 8.56. The molecule has 0 unspecified atom stereocenters. The minimum atomic E-state index is -3.76. The van der Waals surface area contributed by atoms with E-state index in [4.69, 9.17) is 16.3 Å². The molecule has 0 radical (unpaired) electrons. The molecule has 1 aliphatic heterocycles. The summed E-state index contributed by atoms with van der Waals surface area (Å²) < 4.78 is 34.4. The molecule has 0 amide bonds. The fourth-order valence-corrected chi connectivity index (χ4v) is 6.12. The van der Waals surface area contributed by atoms with Crippen molar-refractivity contribution in [3.8, 4) is 5.75 Å². The van der Waals surface area contributed by atoms with Crippen LogP contribution in [0.4, 0.5) is 11.4 Å². The lowest BCUT2D eigenvalue weighted by atomic mass is 9.77. The highest BCUT2D eigenvalue weighted by molar-refractivity contribution is 7.92. The first-order chi connectivity index (χ1) is 15.9. The van der Waals surface area contributed by atoms with Gasteiger partial charge in [-0.15, -0.1) is 0 Å². The minimum absolute atomic E-state index is 0.137. The van der Waals surface area contributed by atoms with Gasteiger partial charge in [-0.1, -0.05) is 42.0 Å². The maximum Gasteiger partial charge on any atom is 0.261 e. The lowest BCUT2D eigenvalue weighted by Crippen LogP contribution is -2.29. The van der Waals surface area contributed by atoms with Crippen molar-refractivity contribution >= 4 is 33.0 Å². The number of allylic oxidation sites excluding steroid dienone is 2. The molecule has 1 heterocycles. The van der Waals surface area contributed by atoms with Crippen LogP contribution in [0.1, 0.15) is 35.1 Å². The average Bonchev–Trinajstić information content (AvgIpc) is 3.31. The topological polar surface area (TPSA) is 67.4 Å². The van der Waals surface area contributed by atoms with E-state index in [-0.39, 0.29) is 16.9 Å². The molecular weight excluding hydrogens is 456 g/mol. The highest BCUT2D eigenvalue weighted by Gasteiger charge is 2.38. The predicted octanol–water partition coefficient (Wildman–Crippen LogP) is 6.28. The van der Waals surface area contributed by atoms with Gasteiger partial charge in [0, 0.05) is 16.6 Å². The molecule has 2 N–H and O–H groups in total. The predicted molar refractivity (Wildman–Crippen MR) is 133 cm³/mol. The van der Waals surface area contributed by atoms with E-state index in [1.807, 2.05) is 25.1 Å². The SMILES string of the molecule is COc1ccc([C@H]2Nc3ccc(S(=O)(=O)Nc4cc(Cl)ccc4C)cc3[C@H]3C=CC[C@H]32)cc1. The molecule has 0 saturated heterocycles. The molecule has 170 valence electrons. The Bertz CT molecular complexity index is 1340. The molecular formula is C26H25ClN2O3S. The number of nitrogens with one attached hydrogen (secondary N) is 2. The summed E-state index contributed by atoms with van der Waals surface area (Å²) in [5, 5.41) is 4.14. The van der Waals surface area contributed by atoms with Gasteiger partial charge < -0.3 is 10.1 Å². The summed E-state index contributed by atoms with van der Waals surface area (Å²) in [7, 11) is -2.10. The zero-order valence-corrected chi connectivity index (χ0v) is 20.0. The van der Waals surface area contributed by atoms with E-state index in [1.165, 1.54) is 5.56 Å². The Hall–Kier alpha value is -2.96. The fraction of sp³-hybridized carbons (Fsp3) is 0.231. The second-order valence-corrected chi connectivity index (χ2v) is 10.7.